The van der Waals surface area contributed by atoms with Crippen molar-refractivity contribution in [2.45, 2.75) is 19.3 Å². The molecule has 0 unspecified atom stereocenters. The number of nitriles is 1. The molecule has 0 aliphatic carbocycles. The summed E-state index contributed by atoms with van der Waals surface area (Å²) in [6, 6.07) is 4.80. The molecular formula is C15H13F4N5. The fraction of sp³-hybridized carbons (Fsp3) is 0.333. The molecule has 2 rings (SSSR count). The zero-order valence-electron chi connectivity index (χ0n) is 13.1. The van der Waals surface area contributed by atoms with Crippen molar-refractivity contribution in [1.29, 1.82) is 5.26 Å². The van der Waals surface area contributed by atoms with Crippen molar-refractivity contribution in [3.8, 4) is 17.5 Å². The Morgan fingerprint density at radius 1 is 1.17 bits per heavy atom. The minimum atomic E-state index is -3.54. The van der Waals surface area contributed by atoms with E-state index in [9.17, 15) is 17.6 Å². The third-order valence-electron chi connectivity index (χ3n) is 3.10. The molecule has 9 heteroatoms. The van der Waals surface area contributed by atoms with Crippen molar-refractivity contribution in [3.05, 3.63) is 35.3 Å². The number of rotatable bonds is 4. The maximum atomic E-state index is 13.4. The molecule has 0 saturated carbocycles. The van der Waals surface area contributed by atoms with Crippen LogP contribution in [0.1, 0.15) is 30.3 Å². The van der Waals surface area contributed by atoms with Crippen molar-refractivity contribution < 1.29 is 17.6 Å². The summed E-state index contributed by atoms with van der Waals surface area (Å²) in [5.41, 5.74) is -1.80. The maximum absolute atomic E-state index is 13.4. The summed E-state index contributed by atoms with van der Waals surface area (Å²) in [5, 5.41) is 9.04. The Balaban J connectivity index is 2.60. The van der Waals surface area contributed by atoms with Gasteiger partial charge in [0.1, 0.15) is 29.0 Å². The lowest BCUT2D eigenvalue weighted by atomic mass is 10.1. The molecule has 0 saturated heterocycles. The molecule has 0 amide bonds. The van der Waals surface area contributed by atoms with Crippen LogP contribution in [0.25, 0.3) is 11.4 Å². The van der Waals surface area contributed by atoms with E-state index in [0.717, 1.165) is 6.20 Å². The molecule has 2 aromatic rings. The molecule has 0 aromatic carbocycles. The number of anilines is 1. The van der Waals surface area contributed by atoms with Gasteiger partial charge in [0.15, 0.2) is 0 Å². The first kappa shape index (κ1) is 17.6. The number of nitrogens with zero attached hydrogens (tertiary/aromatic N) is 5. The SMILES string of the molecule is CN(C)c1nc(-c2cnc(C(C)(F)F)c(C(F)F)n2)ccc1C#N. The molecular weight excluding hydrogens is 326 g/mol. The lowest BCUT2D eigenvalue weighted by molar-refractivity contribution is 0.00648. The fourth-order valence-corrected chi connectivity index (χ4v) is 2.04. The van der Waals surface area contributed by atoms with Gasteiger partial charge in [-0.25, -0.2) is 18.7 Å². The van der Waals surface area contributed by atoms with Crippen molar-refractivity contribution in [1.82, 2.24) is 15.0 Å². The van der Waals surface area contributed by atoms with Crippen LogP contribution in [0.5, 0.6) is 0 Å². The Kier molecular flexibility index (Phi) is 4.68. The van der Waals surface area contributed by atoms with Gasteiger partial charge in [-0.1, -0.05) is 0 Å². The Bertz CT molecular complexity index is 793. The average molecular weight is 339 g/mol. The molecule has 5 nitrogen and oxygen atoms in total. The summed E-state index contributed by atoms with van der Waals surface area (Å²) in [4.78, 5) is 12.8. The third kappa shape index (κ3) is 3.42. The molecule has 0 aliphatic rings. The van der Waals surface area contributed by atoms with Gasteiger partial charge >= 0.3 is 0 Å². The van der Waals surface area contributed by atoms with E-state index in [4.69, 9.17) is 5.26 Å². The zero-order chi connectivity index (χ0) is 18.1. The predicted molar refractivity (Wildman–Crippen MR) is 78.8 cm³/mol. The topological polar surface area (TPSA) is 65.7 Å². The van der Waals surface area contributed by atoms with Gasteiger partial charge in [0.2, 0.25) is 0 Å². The van der Waals surface area contributed by atoms with E-state index >= 15 is 0 Å². The maximum Gasteiger partial charge on any atom is 0.288 e. The van der Waals surface area contributed by atoms with E-state index in [0.29, 0.717) is 12.7 Å². The Hall–Kier alpha value is -2.76. The zero-order valence-corrected chi connectivity index (χ0v) is 13.1. The smallest absolute Gasteiger partial charge is 0.288 e. The van der Waals surface area contributed by atoms with E-state index in [2.05, 4.69) is 15.0 Å². The fourth-order valence-electron chi connectivity index (χ4n) is 2.04. The number of hydrogen-bond donors (Lipinski definition) is 0. The summed E-state index contributed by atoms with van der Waals surface area (Å²) in [7, 11) is 3.31. The first-order valence-corrected chi connectivity index (χ1v) is 6.77. The van der Waals surface area contributed by atoms with Gasteiger partial charge < -0.3 is 4.90 Å². The van der Waals surface area contributed by atoms with Crippen molar-refractivity contribution >= 4 is 5.82 Å². The lowest BCUT2D eigenvalue weighted by Gasteiger charge is -2.16. The predicted octanol–water partition coefficient (Wildman–Crippen LogP) is 3.53. The average Bonchev–Trinajstić information content (AvgIpc) is 2.52. The summed E-state index contributed by atoms with van der Waals surface area (Å²) in [6.45, 7) is 0.479. The number of pyridine rings is 1. The molecule has 2 aromatic heterocycles. The van der Waals surface area contributed by atoms with Gasteiger partial charge in [-0.2, -0.15) is 14.0 Å². The summed E-state index contributed by atoms with van der Waals surface area (Å²) in [5.74, 6) is -3.23. The van der Waals surface area contributed by atoms with Crippen LogP contribution in [-0.2, 0) is 5.92 Å². The van der Waals surface area contributed by atoms with Gasteiger partial charge in [-0.05, 0) is 12.1 Å². The van der Waals surface area contributed by atoms with Crippen molar-refractivity contribution in [2.24, 2.45) is 0 Å². The van der Waals surface area contributed by atoms with E-state index in [1.54, 1.807) is 19.0 Å². The Morgan fingerprint density at radius 2 is 1.83 bits per heavy atom. The molecule has 0 atom stereocenters. The summed E-state index contributed by atoms with van der Waals surface area (Å²) < 4.78 is 52.9. The minimum absolute atomic E-state index is 0.0779. The van der Waals surface area contributed by atoms with Crippen LogP contribution in [0.3, 0.4) is 0 Å². The first-order valence-electron chi connectivity index (χ1n) is 6.77. The molecule has 0 bridgehead atoms. The largest absolute Gasteiger partial charge is 0.362 e. The molecule has 126 valence electrons. The second-order valence-electron chi connectivity index (χ2n) is 5.25. The normalized spacial score (nSPS) is 11.5. The number of halogens is 4. The molecule has 0 spiro atoms. The molecule has 24 heavy (non-hydrogen) atoms. The number of hydrogen-bond acceptors (Lipinski definition) is 5. The highest BCUT2D eigenvalue weighted by Crippen LogP contribution is 2.33. The van der Waals surface area contributed by atoms with Gasteiger partial charge in [-0.15, -0.1) is 0 Å². The Labute approximate surface area is 135 Å². The van der Waals surface area contributed by atoms with Crippen LogP contribution in [0.15, 0.2) is 18.3 Å². The molecule has 0 radical (unpaired) electrons. The van der Waals surface area contributed by atoms with Crippen LogP contribution in [-0.4, -0.2) is 29.0 Å². The van der Waals surface area contributed by atoms with E-state index in [-0.39, 0.29) is 17.0 Å². The number of aromatic nitrogens is 3. The van der Waals surface area contributed by atoms with Crippen LogP contribution < -0.4 is 4.90 Å². The highest BCUT2D eigenvalue weighted by molar-refractivity contribution is 5.62. The second-order valence-corrected chi connectivity index (χ2v) is 5.25. The van der Waals surface area contributed by atoms with Crippen LogP contribution in [0.4, 0.5) is 23.4 Å². The van der Waals surface area contributed by atoms with E-state index < -0.39 is 23.7 Å². The van der Waals surface area contributed by atoms with Crippen LogP contribution >= 0.6 is 0 Å². The molecule has 2 heterocycles. The third-order valence-corrected chi connectivity index (χ3v) is 3.10. The summed E-state index contributed by atoms with van der Waals surface area (Å²) >= 11 is 0. The van der Waals surface area contributed by atoms with Gasteiger partial charge in [0.25, 0.3) is 12.3 Å². The summed E-state index contributed by atoms with van der Waals surface area (Å²) in [6.07, 6.45) is -2.24. The van der Waals surface area contributed by atoms with Crippen LogP contribution in [0.2, 0.25) is 0 Å². The first-order chi connectivity index (χ1) is 11.1. The van der Waals surface area contributed by atoms with Gasteiger partial charge in [0.05, 0.1) is 17.5 Å². The highest BCUT2D eigenvalue weighted by Gasteiger charge is 2.34. The van der Waals surface area contributed by atoms with Crippen molar-refractivity contribution in [2.75, 3.05) is 19.0 Å². The van der Waals surface area contributed by atoms with Gasteiger partial charge in [-0.3, -0.25) is 4.98 Å². The lowest BCUT2D eigenvalue weighted by Crippen LogP contribution is -2.16. The second kappa shape index (κ2) is 6.39. The monoisotopic (exact) mass is 339 g/mol. The molecule has 0 N–H and O–H groups in total. The Morgan fingerprint density at radius 3 is 2.33 bits per heavy atom. The highest BCUT2D eigenvalue weighted by atomic mass is 19.3. The van der Waals surface area contributed by atoms with Crippen LogP contribution in [0, 0.1) is 11.3 Å². The van der Waals surface area contributed by atoms with E-state index in [1.165, 1.54) is 12.1 Å². The minimum Gasteiger partial charge on any atom is -0.362 e. The quantitative estimate of drug-likeness (QED) is 0.797. The number of alkyl halides is 4. The van der Waals surface area contributed by atoms with E-state index in [1.807, 2.05) is 6.07 Å². The molecule has 0 fully saturated rings. The standard InChI is InChI=1S/C15H13F4N5/c1-15(18,19)12-11(13(16)17)22-10(7-21-12)9-5-4-8(6-20)14(23-9)24(2)3/h4-5,7,13H,1-3H3. The van der Waals surface area contributed by atoms with Crippen molar-refractivity contribution in [3.63, 3.8) is 0 Å². The van der Waals surface area contributed by atoms with Gasteiger partial charge in [0, 0.05) is 21.0 Å². The molecule has 0 aliphatic heterocycles.